The van der Waals surface area contributed by atoms with E-state index in [2.05, 4.69) is 66.1 Å². The molecule has 0 spiro atoms. The van der Waals surface area contributed by atoms with E-state index in [1.807, 2.05) is 6.08 Å². The van der Waals surface area contributed by atoms with Gasteiger partial charge in [-0.3, -0.25) is 0 Å². The third kappa shape index (κ3) is 11.7. The molecule has 0 aliphatic heterocycles. The molecular formula is C26H39N. The van der Waals surface area contributed by atoms with Gasteiger partial charge in [-0.05, 0) is 31.4 Å². The van der Waals surface area contributed by atoms with Gasteiger partial charge in [0, 0.05) is 6.04 Å². The zero-order chi connectivity index (χ0) is 18.8. The lowest BCUT2D eigenvalue weighted by molar-refractivity contribution is 0.406. The fourth-order valence-corrected chi connectivity index (χ4v) is 3.82. The van der Waals surface area contributed by atoms with Gasteiger partial charge in [-0.15, -0.1) is 0 Å². The quantitative estimate of drug-likeness (QED) is 0.548. The van der Waals surface area contributed by atoms with E-state index in [9.17, 15) is 0 Å². The molecule has 0 saturated heterocycles. The second-order valence-electron chi connectivity index (χ2n) is 7.80. The Bertz CT molecular complexity index is 533. The molecule has 1 fully saturated rings. The monoisotopic (exact) mass is 365 g/mol. The van der Waals surface area contributed by atoms with Crippen LogP contribution >= 0.6 is 0 Å². The van der Waals surface area contributed by atoms with Gasteiger partial charge in [0.25, 0.3) is 0 Å². The van der Waals surface area contributed by atoms with Crippen molar-refractivity contribution in [3.05, 3.63) is 72.4 Å². The van der Waals surface area contributed by atoms with E-state index < -0.39 is 0 Å². The molecule has 0 heterocycles. The molecule has 0 aromatic rings. The summed E-state index contributed by atoms with van der Waals surface area (Å²) in [5.41, 5.74) is 1.38. The van der Waals surface area contributed by atoms with Crippen molar-refractivity contribution in [1.82, 2.24) is 5.32 Å². The average Bonchev–Trinajstić information content (AvgIpc) is 2.65. The van der Waals surface area contributed by atoms with Crippen molar-refractivity contribution in [1.29, 1.82) is 0 Å². The zero-order valence-electron chi connectivity index (χ0n) is 17.1. The maximum Gasteiger partial charge on any atom is 0.00671 e. The number of hydrogen-bond acceptors (Lipinski definition) is 1. The molecule has 0 amide bonds. The highest BCUT2D eigenvalue weighted by Crippen LogP contribution is 2.17. The van der Waals surface area contributed by atoms with E-state index in [1.54, 1.807) is 0 Å². The largest absolute Gasteiger partial charge is 0.314 e. The lowest BCUT2D eigenvalue weighted by Gasteiger charge is -2.19. The van der Waals surface area contributed by atoms with Crippen LogP contribution in [0.3, 0.4) is 0 Å². The molecule has 0 atom stereocenters. The first-order chi connectivity index (χ1) is 13.4. The summed E-state index contributed by atoms with van der Waals surface area (Å²) in [7, 11) is 0. The Kier molecular flexibility index (Phi) is 12.4. The van der Waals surface area contributed by atoms with E-state index >= 15 is 0 Å². The summed E-state index contributed by atoms with van der Waals surface area (Å²) in [6, 6.07) is 0.712. The van der Waals surface area contributed by atoms with Crippen molar-refractivity contribution in [2.45, 2.75) is 83.1 Å². The normalized spacial score (nSPS) is 28.8. The van der Waals surface area contributed by atoms with Crippen LogP contribution < -0.4 is 5.32 Å². The van der Waals surface area contributed by atoms with Crippen LogP contribution in [-0.4, -0.2) is 12.6 Å². The SMILES string of the molecule is C1=C\C=C/C=C\C(CCNC2CCCCCCCCCCC2)=C/C=C\C=C/1. The zero-order valence-corrected chi connectivity index (χ0v) is 17.1. The Morgan fingerprint density at radius 3 is 1.67 bits per heavy atom. The molecule has 148 valence electrons. The van der Waals surface area contributed by atoms with Gasteiger partial charge in [0.15, 0.2) is 0 Å². The van der Waals surface area contributed by atoms with Gasteiger partial charge in [-0.25, -0.2) is 0 Å². The van der Waals surface area contributed by atoms with Gasteiger partial charge in [0.1, 0.15) is 0 Å². The fourth-order valence-electron chi connectivity index (χ4n) is 3.82. The third-order valence-corrected chi connectivity index (χ3v) is 5.46. The Labute approximate surface area is 167 Å². The highest BCUT2D eigenvalue weighted by Gasteiger charge is 2.08. The van der Waals surface area contributed by atoms with Crippen LogP contribution in [0, 0.1) is 0 Å². The Balaban J connectivity index is 1.79. The average molecular weight is 366 g/mol. The van der Waals surface area contributed by atoms with Gasteiger partial charge in [-0.2, -0.15) is 0 Å². The molecule has 1 saturated carbocycles. The number of nitrogens with one attached hydrogen (secondary N) is 1. The van der Waals surface area contributed by atoms with Crippen molar-refractivity contribution >= 4 is 0 Å². The Morgan fingerprint density at radius 1 is 0.593 bits per heavy atom. The minimum atomic E-state index is 0.712. The molecule has 2 aliphatic rings. The lowest BCUT2D eigenvalue weighted by Crippen LogP contribution is -2.30. The summed E-state index contributed by atoms with van der Waals surface area (Å²) in [6.45, 7) is 1.08. The van der Waals surface area contributed by atoms with Crippen LogP contribution in [0.5, 0.6) is 0 Å². The highest BCUT2D eigenvalue weighted by atomic mass is 14.9. The van der Waals surface area contributed by atoms with Crippen LogP contribution in [0.2, 0.25) is 0 Å². The minimum absolute atomic E-state index is 0.712. The molecule has 1 N–H and O–H groups in total. The second kappa shape index (κ2) is 15.5. The van der Waals surface area contributed by atoms with Crippen molar-refractivity contribution in [2.24, 2.45) is 0 Å². The highest BCUT2D eigenvalue weighted by molar-refractivity contribution is 5.29. The number of allylic oxidation sites excluding steroid dienone is 11. The van der Waals surface area contributed by atoms with Crippen molar-refractivity contribution in [3.63, 3.8) is 0 Å². The molecular weight excluding hydrogens is 326 g/mol. The van der Waals surface area contributed by atoms with E-state index in [0.29, 0.717) is 6.04 Å². The first-order valence-electron chi connectivity index (χ1n) is 11.2. The Morgan fingerprint density at radius 2 is 1.07 bits per heavy atom. The van der Waals surface area contributed by atoms with Crippen molar-refractivity contribution in [3.8, 4) is 0 Å². The van der Waals surface area contributed by atoms with Crippen LogP contribution in [0.15, 0.2) is 72.4 Å². The van der Waals surface area contributed by atoms with Crippen molar-refractivity contribution < 1.29 is 0 Å². The summed E-state index contributed by atoms with van der Waals surface area (Å²) in [4.78, 5) is 0. The third-order valence-electron chi connectivity index (χ3n) is 5.46. The van der Waals surface area contributed by atoms with Crippen LogP contribution in [0.25, 0.3) is 0 Å². The van der Waals surface area contributed by atoms with Gasteiger partial charge < -0.3 is 5.32 Å². The van der Waals surface area contributed by atoms with E-state index in [-0.39, 0.29) is 0 Å². The summed E-state index contributed by atoms with van der Waals surface area (Å²) in [5.74, 6) is 0. The second-order valence-corrected chi connectivity index (χ2v) is 7.80. The summed E-state index contributed by atoms with van der Waals surface area (Å²) >= 11 is 0. The first-order valence-corrected chi connectivity index (χ1v) is 11.2. The molecule has 1 nitrogen and oxygen atoms in total. The van der Waals surface area contributed by atoms with E-state index in [0.717, 1.165) is 13.0 Å². The molecule has 1 heteroatoms. The standard InChI is InChI=1S/C26H39N/c1-3-7-11-15-19-25(20-16-12-8-4-1)23-24-27-26-21-17-13-9-5-2-6-10-14-18-22-26/h1,3-4,7-8,11-12,15-16,19-20,26-27H,2,5-6,9-10,13-14,17-18,21-24H2/b3-1-,4-1?,7-3?,8-4-,11-7-,12-8?,15-11?,16-12-,19-15-,20-16?,25-19?,25-20+. The molecule has 0 unspecified atom stereocenters. The maximum absolute atomic E-state index is 3.87. The molecule has 2 rings (SSSR count). The molecule has 0 radical (unpaired) electrons. The topological polar surface area (TPSA) is 12.0 Å². The van der Waals surface area contributed by atoms with Crippen molar-refractivity contribution in [2.75, 3.05) is 6.54 Å². The molecule has 27 heavy (non-hydrogen) atoms. The molecule has 0 bridgehead atoms. The van der Waals surface area contributed by atoms with Gasteiger partial charge in [0.05, 0.1) is 0 Å². The van der Waals surface area contributed by atoms with E-state index in [1.165, 1.54) is 76.2 Å². The van der Waals surface area contributed by atoms with Gasteiger partial charge in [-0.1, -0.05) is 125 Å². The molecule has 0 aromatic carbocycles. The summed E-state index contributed by atoms with van der Waals surface area (Å²) < 4.78 is 0. The number of rotatable bonds is 4. The van der Waals surface area contributed by atoms with E-state index in [4.69, 9.17) is 0 Å². The minimum Gasteiger partial charge on any atom is -0.314 e. The smallest absolute Gasteiger partial charge is 0.00671 e. The Hall–Kier alpha value is -1.60. The summed E-state index contributed by atoms with van der Waals surface area (Å²) in [6.07, 6.45) is 40.0. The fraction of sp³-hybridized carbons (Fsp3) is 0.538. The lowest BCUT2D eigenvalue weighted by atomic mass is 9.98. The van der Waals surface area contributed by atoms with Gasteiger partial charge in [0.2, 0.25) is 0 Å². The molecule has 2 aliphatic carbocycles. The van der Waals surface area contributed by atoms with Crippen LogP contribution in [-0.2, 0) is 0 Å². The maximum atomic E-state index is 3.87. The summed E-state index contributed by atoms with van der Waals surface area (Å²) in [5, 5.41) is 3.87. The molecule has 0 aromatic heterocycles. The van der Waals surface area contributed by atoms with Crippen LogP contribution in [0.4, 0.5) is 0 Å². The first kappa shape index (κ1) is 21.7. The number of hydrogen-bond donors (Lipinski definition) is 1. The predicted molar refractivity (Wildman–Crippen MR) is 121 cm³/mol. The van der Waals surface area contributed by atoms with Gasteiger partial charge >= 0.3 is 0 Å². The van der Waals surface area contributed by atoms with Crippen LogP contribution in [0.1, 0.15) is 77.0 Å². The predicted octanol–water partition coefficient (Wildman–Crippen LogP) is 7.36.